The average molecular weight is 474 g/mol. The number of nitrogens with zero attached hydrogens (tertiary/aromatic N) is 1. The van der Waals surface area contributed by atoms with Crippen LogP contribution in [0.25, 0.3) is 11.1 Å². The van der Waals surface area contributed by atoms with E-state index in [0.29, 0.717) is 11.4 Å². The number of anilines is 1. The fourth-order valence-electron chi connectivity index (χ4n) is 4.16. The van der Waals surface area contributed by atoms with E-state index in [2.05, 4.69) is 39.9 Å². The summed E-state index contributed by atoms with van der Waals surface area (Å²) in [4.78, 5) is 40.2. The summed E-state index contributed by atoms with van der Waals surface area (Å²) in [5.74, 6) is -1.57. The van der Waals surface area contributed by atoms with Gasteiger partial charge in [-0.05, 0) is 47.7 Å². The Labute approximate surface area is 203 Å². The highest BCUT2D eigenvalue weighted by molar-refractivity contribution is 5.88. The molecule has 0 saturated carbocycles. The number of benzene rings is 2. The van der Waals surface area contributed by atoms with Crippen molar-refractivity contribution in [1.29, 1.82) is 0 Å². The van der Waals surface area contributed by atoms with Crippen LogP contribution in [0.3, 0.4) is 0 Å². The summed E-state index contributed by atoms with van der Waals surface area (Å²) in [6.45, 7) is 3.35. The van der Waals surface area contributed by atoms with Crippen molar-refractivity contribution >= 4 is 23.7 Å². The zero-order chi connectivity index (χ0) is 25.0. The van der Waals surface area contributed by atoms with Crippen molar-refractivity contribution in [2.45, 2.75) is 38.1 Å². The zero-order valence-electron chi connectivity index (χ0n) is 19.6. The van der Waals surface area contributed by atoms with Crippen LogP contribution in [0.1, 0.15) is 43.0 Å². The minimum atomic E-state index is -1.33. The fraction of sp³-hybridized carbons (Fsp3) is 0.259. The molecule has 1 aliphatic rings. The molecule has 1 aromatic heterocycles. The molecular weight excluding hydrogens is 446 g/mol. The van der Waals surface area contributed by atoms with Crippen molar-refractivity contribution in [3.8, 4) is 11.1 Å². The van der Waals surface area contributed by atoms with E-state index in [-0.39, 0.29) is 25.4 Å². The molecule has 3 N–H and O–H groups in total. The van der Waals surface area contributed by atoms with Crippen molar-refractivity contribution in [2.24, 2.45) is 0 Å². The number of aromatic nitrogens is 1. The molecule has 1 heterocycles. The summed E-state index contributed by atoms with van der Waals surface area (Å²) in [6, 6.07) is 19.4. The normalized spacial score (nSPS) is 13.8. The fourth-order valence-corrected chi connectivity index (χ4v) is 4.16. The molecule has 0 fully saturated rings. The molecule has 1 aliphatic carbocycles. The van der Waals surface area contributed by atoms with E-state index in [9.17, 15) is 19.5 Å². The van der Waals surface area contributed by atoms with E-state index < -0.39 is 23.5 Å². The molecule has 1 atom stereocenters. The minimum absolute atomic E-state index is 0.0354. The van der Waals surface area contributed by atoms with Gasteiger partial charge in [-0.2, -0.15) is 0 Å². The molecule has 0 radical (unpaired) electrons. The van der Waals surface area contributed by atoms with Gasteiger partial charge in [-0.1, -0.05) is 55.5 Å². The van der Waals surface area contributed by atoms with E-state index >= 15 is 0 Å². The van der Waals surface area contributed by atoms with E-state index in [1.807, 2.05) is 24.3 Å². The van der Waals surface area contributed by atoms with Crippen LogP contribution in [-0.2, 0) is 20.7 Å². The number of nitrogens with one attached hydrogen (secondary N) is 2. The van der Waals surface area contributed by atoms with Gasteiger partial charge in [0.15, 0.2) is 0 Å². The van der Waals surface area contributed by atoms with Crippen molar-refractivity contribution in [3.05, 3.63) is 83.7 Å². The Morgan fingerprint density at radius 3 is 2.17 bits per heavy atom. The largest absolute Gasteiger partial charge is 0.480 e. The molecule has 2 aromatic carbocycles. The van der Waals surface area contributed by atoms with Crippen LogP contribution < -0.4 is 10.6 Å². The lowest BCUT2D eigenvalue weighted by atomic mass is 9.98. The molecule has 35 heavy (non-hydrogen) atoms. The van der Waals surface area contributed by atoms with Crippen LogP contribution in [0.15, 0.2) is 66.9 Å². The molecule has 180 valence electrons. The van der Waals surface area contributed by atoms with Gasteiger partial charge in [0.05, 0.1) is 18.3 Å². The molecule has 4 rings (SSSR count). The van der Waals surface area contributed by atoms with Crippen molar-refractivity contribution in [1.82, 2.24) is 10.3 Å². The predicted molar refractivity (Wildman–Crippen MR) is 131 cm³/mol. The minimum Gasteiger partial charge on any atom is -0.480 e. The van der Waals surface area contributed by atoms with Crippen LogP contribution in [0, 0.1) is 0 Å². The Morgan fingerprint density at radius 2 is 1.63 bits per heavy atom. The lowest BCUT2D eigenvalue weighted by Gasteiger charge is -2.24. The molecule has 0 saturated heterocycles. The number of pyridine rings is 1. The molecule has 0 spiro atoms. The number of fused-ring (bicyclic) bond motifs is 3. The Bertz CT molecular complexity index is 1210. The number of hydrogen-bond donors (Lipinski definition) is 3. The highest BCUT2D eigenvalue weighted by atomic mass is 16.5. The number of hydrogen-bond acceptors (Lipinski definition) is 5. The maximum Gasteiger partial charge on any atom is 0.411 e. The van der Waals surface area contributed by atoms with E-state index in [1.165, 1.54) is 13.1 Å². The van der Waals surface area contributed by atoms with E-state index in [1.54, 1.807) is 19.1 Å². The zero-order valence-corrected chi connectivity index (χ0v) is 19.6. The second-order valence-electron chi connectivity index (χ2n) is 8.70. The van der Waals surface area contributed by atoms with E-state index in [4.69, 9.17) is 4.74 Å². The van der Waals surface area contributed by atoms with Crippen LogP contribution in [0.4, 0.5) is 10.5 Å². The second kappa shape index (κ2) is 9.97. The monoisotopic (exact) mass is 473 g/mol. The number of carbonyl (C=O) groups is 3. The maximum atomic E-state index is 12.4. The predicted octanol–water partition coefficient (Wildman–Crippen LogP) is 4.35. The molecule has 2 amide bonds. The summed E-state index contributed by atoms with van der Waals surface area (Å²) < 4.78 is 5.53. The molecule has 0 aliphatic heterocycles. The second-order valence-corrected chi connectivity index (χ2v) is 8.70. The van der Waals surface area contributed by atoms with E-state index in [0.717, 1.165) is 22.3 Å². The third-order valence-corrected chi connectivity index (χ3v) is 6.35. The quantitative estimate of drug-likeness (QED) is 0.448. The molecule has 8 heteroatoms. The lowest BCUT2D eigenvalue weighted by molar-refractivity contribution is -0.146. The van der Waals surface area contributed by atoms with Gasteiger partial charge in [-0.15, -0.1) is 0 Å². The summed E-state index contributed by atoms with van der Waals surface area (Å²) in [6.07, 6.45) is 1.01. The summed E-state index contributed by atoms with van der Waals surface area (Å²) in [7, 11) is 0. The van der Waals surface area contributed by atoms with Gasteiger partial charge in [0.25, 0.3) is 0 Å². The summed E-state index contributed by atoms with van der Waals surface area (Å²) in [5.41, 5.74) is 4.12. The van der Waals surface area contributed by atoms with Crippen LogP contribution in [0.2, 0.25) is 0 Å². The number of aliphatic carboxylic acids is 1. The molecule has 3 aromatic rings. The van der Waals surface area contributed by atoms with Gasteiger partial charge in [-0.3, -0.25) is 15.1 Å². The Kier molecular flexibility index (Phi) is 6.82. The van der Waals surface area contributed by atoms with Crippen LogP contribution in [-0.4, -0.2) is 40.2 Å². The SMILES string of the molecule is CCC(C)(NC(=O)Cc1ccc(NC(=O)OCC2c3ccccc3-c3ccccc32)cn1)C(=O)O. The highest BCUT2D eigenvalue weighted by Gasteiger charge is 2.32. The molecule has 1 unspecified atom stereocenters. The number of carboxylic acid groups (broad SMARTS) is 1. The number of amides is 2. The first-order valence-electron chi connectivity index (χ1n) is 11.4. The Hall–Kier alpha value is -4.20. The van der Waals surface area contributed by atoms with Gasteiger partial charge >= 0.3 is 12.1 Å². The van der Waals surface area contributed by atoms with Gasteiger partial charge < -0.3 is 15.2 Å². The number of ether oxygens (including phenoxy) is 1. The van der Waals surface area contributed by atoms with Gasteiger partial charge in [0.2, 0.25) is 5.91 Å². The summed E-state index contributed by atoms with van der Waals surface area (Å²) >= 11 is 0. The summed E-state index contributed by atoms with van der Waals surface area (Å²) in [5, 5.41) is 14.5. The first-order chi connectivity index (χ1) is 16.8. The topological polar surface area (TPSA) is 118 Å². The third kappa shape index (κ3) is 5.16. The Balaban J connectivity index is 1.33. The third-order valence-electron chi connectivity index (χ3n) is 6.35. The number of rotatable bonds is 8. The first-order valence-corrected chi connectivity index (χ1v) is 11.4. The number of carbonyl (C=O) groups excluding carboxylic acids is 2. The van der Waals surface area contributed by atoms with Crippen LogP contribution >= 0.6 is 0 Å². The molecular formula is C27H27N3O5. The highest BCUT2D eigenvalue weighted by Crippen LogP contribution is 2.44. The molecule has 8 nitrogen and oxygen atoms in total. The van der Waals surface area contributed by atoms with Crippen molar-refractivity contribution < 1.29 is 24.2 Å². The van der Waals surface area contributed by atoms with Gasteiger partial charge in [-0.25, -0.2) is 9.59 Å². The molecule has 0 bridgehead atoms. The van der Waals surface area contributed by atoms with Gasteiger partial charge in [0, 0.05) is 11.6 Å². The lowest BCUT2D eigenvalue weighted by Crippen LogP contribution is -2.52. The average Bonchev–Trinajstić information content (AvgIpc) is 3.17. The Morgan fingerprint density at radius 1 is 1.00 bits per heavy atom. The van der Waals surface area contributed by atoms with Crippen molar-refractivity contribution in [3.63, 3.8) is 0 Å². The maximum absolute atomic E-state index is 12.4. The van der Waals surface area contributed by atoms with Crippen LogP contribution in [0.5, 0.6) is 0 Å². The van der Waals surface area contributed by atoms with Crippen molar-refractivity contribution in [2.75, 3.05) is 11.9 Å². The van der Waals surface area contributed by atoms with Gasteiger partial charge in [0.1, 0.15) is 12.1 Å². The number of carboxylic acids is 1. The standard InChI is InChI=1S/C27H27N3O5/c1-3-27(2,25(32)33)30-24(31)14-17-12-13-18(15-28-17)29-26(34)35-16-23-21-10-6-4-8-19(21)20-9-5-7-11-22(20)23/h4-13,15,23H,3,14,16H2,1-2H3,(H,29,34)(H,30,31)(H,32,33). The smallest absolute Gasteiger partial charge is 0.411 e. The first kappa shape index (κ1) is 23.9.